The summed E-state index contributed by atoms with van der Waals surface area (Å²) in [6.45, 7) is 10.5. The third-order valence-electron chi connectivity index (χ3n) is 5.18. The predicted molar refractivity (Wildman–Crippen MR) is 53.4 cm³/mol. The maximum atomic E-state index is 11.9. The van der Waals surface area contributed by atoms with Crippen LogP contribution < -0.4 is 0 Å². The van der Waals surface area contributed by atoms with Crippen molar-refractivity contribution in [2.75, 3.05) is 0 Å². The number of hydrogen-bond donors (Lipinski definition) is 0. The Labute approximate surface area is 80.2 Å². The van der Waals surface area contributed by atoms with E-state index in [4.69, 9.17) is 0 Å². The van der Waals surface area contributed by atoms with Gasteiger partial charge in [0.05, 0.1) is 0 Å². The third-order valence-corrected chi connectivity index (χ3v) is 5.18. The zero-order valence-corrected chi connectivity index (χ0v) is 8.81. The molecule has 0 amide bonds. The normalized spacial score (nSPS) is 46.8. The summed E-state index contributed by atoms with van der Waals surface area (Å²) in [6, 6.07) is 0. The molecule has 1 heteroatoms. The molecule has 2 atom stereocenters. The van der Waals surface area contributed by atoms with E-state index in [1.807, 2.05) is 6.08 Å². The first kappa shape index (κ1) is 8.98. The smallest absolute Gasteiger partial charge is 0.140 e. The molecular formula is C12H18O. The first-order valence-electron chi connectivity index (χ1n) is 5.07. The SMILES string of the molecule is C=CC12CCC(C)(C(=O)C1)C2(C)C. The Balaban J connectivity index is 2.59. The van der Waals surface area contributed by atoms with Gasteiger partial charge in [-0.25, -0.2) is 0 Å². The second-order valence-electron chi connectivity index (χ2n) is 5.42. The van der Waals surface area contributed by atoms with Gasteiger partial charge in [0.1, 0.15) is 5.78 Å². The number of rotatable bonds is 1. The Kier molecular flexibility index (Phi) is 1.43. The van der Waals surface area contributed by atoms with E-state index in [9.17, 15) is 4.79 Å². The first-order chi connectivity index (χ1) is 5.90. The molecule has 0 radical (unpaired) electrons. The molecule has 2 bridgehead atoms. The van der Waals surface area contributed by atoms with Gasteiger partial charge in [0.2, 0.25) is 0 Å². The Hall–Kier alpha value is -0.590. The van der Waals surface area contributed by atoms with E-state index in [1.54, 1.807) is 0 Å². The molecule has 13 heavy (non-hydrogen) atoms. The van der Waals surface area contributed by atoms with Gasteiger partial charge in [0, 0.05) is 17.3 Å². The maximum absolute atomic E-state index is 11.9. The van der Waals surface area contributed by atoms with Gasteiger partial charge < -0.3 is 0 Å². The van der Waals surface area contributed by atoms with E-state index in [2.05, 4.69) is 27.4 Å². The molecule has 0 aromatic rings. The highest BCUT2D eigenvalue weighted by atomic mass is 16.1. The van der Waals surface area contributed by atoms with Gasteiger partial charge >= 0.3 is 0 Å². The van der Waals surface area contributed by atoms with E-state index in [1.165, 1.54) is 0 Å². The zero-order valence-electron chi connectivity index (χ0n) is 8.81. The Bertz CT molecular complexity index is 289. The van der Waals surface area contributed by atoms with Crippen molar-refractivity contribution in [3.8, 4) is 0 Å². The van der Waals surface area contributed by atoms with Crippen LogP contribution in [0.25, 0.3) is 0 Å². The Morgan fingerprint density at radius 2 is 1.92 bits per heavy atom. The average Bonchev–Trinajstić information content (AvgIpc) is 2.34. The van der Waals surface area contributed by atoms with Crippen LogP contribution in [0.3, 0.4) is 0 Å². The minimum absolute atomic E-state index is 0.0822. The number of Topliss-reactive ketones (excluding diaryl/α,β-unsaturated/α-hetero) is 1. The summed E-state index contributed by atoms with van der Waals surface area (Å²) in [7, 11) is 0. The summed E-state index contributed by atoms with van der Waals surface area (Å²) in [6.07, 6.45) is 4.94. The molecule has 72 valence electrons. The monoisotopic (exact) mass is 178 g/mol. The molecule has 0 N–H and O–H groups in total. The fraction of sp³-hybridized carbons (Fsp3) is 0.750. The summed E-state index contributed by atoms with van der Waals surface area (Å²) in [5.41, 5.74) is 0.124. The van der Waals surface area contributed by atoms with Crippen molar-refractivity contribution < 1.29 is 4.79 Å². The molecule has 0 aromatic carbocycles. The fourth-order valence-corrected chi connectivity index (χ4v) is 3.36. The van der Waals surface area contributed by atoms with Crippen LogP contribution in [0.4, 0.5) is 0 Å². The van der Waals surface area contributed by atoms with Gasteiger partial charge in [0.25, 0.3) is 0 Å². The molecule has 2 rings (SSSR count). The summed E-state index contributed by atoms with van der Waals surface area (Å²) < 4.78 is 0. The van der Waals surface area contributed by atoms with Gasteiger partial charge in [-0.2, -0.15) is 0 Å². The number of carbonyl (C=O) groups is 1. The third kappa shape index (κ3) is 0.685. The molecule has 2 aliphatic carbocycles. The lowest BCUT2D eigenvalue weighted by molar-refractivity contribution is -0.128. The van der Waals surface area contributed by atoms with E-state index < -0.39 is 0 Å². The number of carbonyl (C=O) groups excluding carboxylic acids is 1. The van der Waals surface area contributed by atoms with Gasteiger partial charge in [-0.1, -0.05) is 26.8 Å². The second-order valence-corrected chi connectivity index (χ2v) is 5.42. The molecule has 0 heterocycles. The van der Waals surface area contributed by atoms with Crippen molar-refractivity contribution in [2.24, 2.45) is 16.2 Å². The van der Waals surface area contributed by atoms with Gasteiger partial charge in [-0.05, 0) is 18.3 Å². The summed E-state index contributed by atoms with van der Waals surface area (Å²) in [5.74, 6) is 0.448. The summed E-state index contributed by atoms with van der Waals surface area (Å²) >= 11 is 0. The minimum atomic E-state index is -0.0822. The molecule has 0 saturated heterocycles. The van der Waals surface area contributed by atoms with Crippen LogP contribution in [-0.4, -0.2) is 5.78 Å². The number of allylic oxidation sites excluding steroid dienone is 1. The predicted octanol–water partition coefficient (Wildman–Crippen LogP) is 2.96. The van der Waals surface area contributed by atoms with Crippen LogP contribution in [-0.2, 0) is 4.79 Å². The van der Waals surface area contributed by atoms with Crippen LogP contribution in [0.2, 0.25) is 0 Å². The quantitative estimate of drug-likeness (QED) is 0.564. The molecule has 2 aliphatic rings. The lowest BCUT2D eigenvalue weighted by atomic mass is 9.65. The molecule has 2 saturated carbocycles. The van der Waals surface area contributed by atoms with Crippen LogP contribution in [0.1, 0.15) is 40.0 Å². The highest BCUT2D eigenvalue weighted by molar-refractivity contribution is 5.90. The van der Waals surface area contributed by atoms with Gasteiger partial charge in [-0.3, -0.25) is 4.79 Å². The highest BCUT2D eigenvalue weighted by Gasteiger charge is 2.68. The van der Waals surface area contributed by atoms with E-state index in [-0.39, 0.29) is 16.2 Å². The van der Waals surface area contributed by atoms with Crippen molar-refractivity contribution in [2.45, 2.75) is 40.0 Å². The zero-order chi connectivity index (χ0) is 9.91. The molecule has 2 unspecified atom stereocenters. The molecule has 1 nitrogen and oxygen atoms in total. The van der Waals surface area contributed by atoms with Crippen molar-refractivity contribution in [1.82, 2.24) is 0 Å². The Morgan fingerprint density at radius 3 is 2.15 bits per heavy atom. The van der Waals surface area contributed by atoms with Gasteiger partial charge in [-0.15, -0.1) is 6.58 Å². The van der Waals surface area contributed by atoms with Gasteiger partial charge in [0.15, 0.2) is 0 Å². The van der Waals surface area contributed by atoms with E-state index in [0.29, 0.717) is 5.78 Å². The van der Waals surface area contributed by atoms with E-state index >= 15 is 0 Å². The lowest BCUT2D eigenvalue weighted by Crippen LogP contribution is -2.34. The second kappa shape index (κ2) is 2.08. The minimum Gasteiger partial charge on any atom is -0.299 e. The topological polar surface area (TPSA) is 17.1 Å². The summed E-state index contributed by atoms with van der Waals surface area (Å²) in [4.78, 5) is 11.9. The van der Waals surface area contributed by atoms with Crippen molar-refractivity contribution >= 4 is 5.78 Å². The van der Waals surface area contributed by atoms with Crippen LogP contribution in [0.15, 0.2) is 12.7 Å². The fourth-order valence-electron chi connectivity index (χ4n) is 3.36. The maximum Gasteiger partial charge on any atom is 0.140 e. The first-order valence-corrected chi connectivity index (χ1v) is 5.07. The number of ketones is 1. The molecule has 0 spiro atoms. The van der Waals surface area contributed by atoms with Crippen molar-refractivity contribution in [1.29, 1.82) is 0 Å². The molecule has 0 aromatic heterocycles. The molecule has 0 aliphatic heterocycles. The number of hydrogen-bond acceptors (Lipinski definition) is 1. The highest BCUT2D eigenvalue weighted by Crippen LogP contribution is 2.70. The van der Waals surface area contributed by atoms with Crippen LogP contribution in [0, 0.1) is 16.2 Å². The van der Waals surface area contributed by atoms with Crippen LogP contribution in [0.5, 0.6) is 0 Å². The molecule has 2 fully saturated rings. The van der Waals surface area contributed by atoms with Crippen molar-refractivity contribution in [3.63, 3.8) is 0 Å². The summed E-state index contributed by atoms with van der Waals surface area (Å²) in [5, 5.41) is 0. The number of fused-ring (bicyclic) bond motifs is 2. The standard InChI is InChI=1S/C12H18O/c1-5-12-7-6-11(4,9(13)8-12)10(12,2)3/h5H,1,6-8H2,2-4H3. The lowest BCUT2D eigenvalue weighted by Gasteiger charge is -2.37. The average molecular weight is 178 g/mol. The van der Waals surface area contributed by atoms with E-state index in [0.717, 1.165) is 19.3 Å². The largest absolute Gasteiger partial charge is 0.299 e. The molecular weight excluding hydrogens is 160 g/mol. The Morgan fingerprint density at radius 1 is 1.31 bits per heavy atom. The van der Waals surface area contributed by atoms with Crippen molar-refractivity contribution in [3.05, 3.63) is 12.7 Å². The van der Waals surface area contributed by atoms with Crippen LogP contribution >= 0.6 is 0 Å².